The van der Waals surface area contributed by atoms with E-state index in [-0.39, 0.29) is 36.1 Å². The molecule has 0 spiro atoms. The Morgan fingerprint density at radius 3 is 1.77 bits per heavy atom. The van der Waals surface area contributed by atoms with Gasteiger partial charge in [-0.2, -0.15) is 0 Å². The zero-order valence-electron chi connectivity index (χ0n) is 26.4. The van der Waals surface area contributed by atoms with E-state index >= 15 is 0 Å². The molecule has 0 radical (unpaired) electrons. The molecule has 1 saturated heterocycles. The van der Waals surface area contributed by atoms with Crippen LogP contribution in [0, 0.1) is 11.7 Å². The summed E-state index contributed by atoms with van der Waals surface area (Å²) in [6.07, 6.45) is 0.847. The normalized spacial score (nSPS) is 14.8. The first-order valence-corrected chi connectivity index (χ1v) is 14.8. The minimum absolute atomic E-state index is 0.0295. The number of carboxylic acids is 4. The van der Waals surface area contributed by atoms with Gasteiger partial charge in [-0.3, -0.25) is 19.4 Å². The molecule has 0 aliphatic carbocycles. The first-order chi connectivity index (χ1) is 22.7. The van der Waals surface area contributed by atoms with E-state index in [2.05, 4.69) is 29.4 Å². The molecular weight excluding hydrogens is 639 g/mol. The molecule has 2 amide bonds. The molecule has 16 nitrogen and oxygen atoms in total. The molecular formula is C31H39FN4O12. The predicted molar refractivity (Wildman–Crippen MR) is 166 cm³/mol. The maximum atomic E-state index is 13.3. The van der Waals surface area contributed by atoms with Crippen LogP contribution in [0.15, 0.2) is 42.5 Å². The predicted octanol–water partition coefficient (Wildman–Crippen LogP) is 1.37. The van der Waals surface area contributed by atoms with Crippen molar-refractivity contribution < 1.29 is 63.1 Å². The summed E-state index contributed by atoms with van der Waals surface area (Å²) in [6.45, 7) is 8.71. The Labute approximate surface area is 275 Å². The highest BCUT2D eigenvalue weighted by Gasteiger charge is 2.24. The SMILES string of the molecule is CC(C)C(NC(=O)CN1CCN(CC(=O)Nc2cccc(F)c2)CC1)c1ccc2c(c1)OCCCO2.O=C(O)C(=O)O.O=C(O)C(=O)O. The largest absolute Gasteiger partial charge is 0.490 e. The molecule has 2 aromatic carbocycles. The molecule has 262 valence electrons. The lowest BCUT2D eigenvalue weighted by molar-refractivity contribution is -0.159. The van der Waals surface area contributed by atoms with Gasteiger partial charge >= 0.3 is 23.9 Å². The number of carboxylic acid groups (broad SMARTS) is 4. The van der Waals surface area contributed by atoms with Crippen molar-refractivity contribution in [1.82, 2.24) is 15.1 Å². The first-order valence-electron chi connectivity index (χ1n) is 14.8. The van der Waals surface area contributed by atoms with Gasteiger partial charge in [0.25, 0.3) is 0 Å². The number of rotatable bonds is 8. The minimum Gasteiger partial charge on any atom is -0.490 e. The first kappa shape index (κ1) is 38.9. The number of hydrogen-bond acceptors (Lipinski definition) is 10. The van der Waals surface area contributed by atoms with Crippen LogP contribution in [0.4, 0.5) is 10.1 Å². The summed E-state index contributed by atoms with van der Waals surface area (Å²) in [7, 11) is 0. The van der Waals surface area contributed by atoms with Gasteiger partial charge in [-0.25, -0.2) is 23.6 Å². The lowest BCUT2D eigenvalue weighted by Crippen LogP contribution is -2.51. The average Bonchev–Trinajstić information content (AvgIpc) is 3.26. The molecule has 1 atom stereocenters. The zero-order valence-corrected chi connectivity index (χ0v) is 26.4. The fraction of sp³-hybridized carbons (Fsp3) is 0.419. The number of amides is 2. The number of aliphatic carboxylic acids is 4. The number of anilines is 1. The van der Waals surface area contributed by atoms with Crippen LogP contribution in [0.3, 0.4) is 0 Å². The number of fused-ring (bicyclic) bond motifs is 1. The van der Waals surface area contributed by atoms with Gasteiger partial charge in [0.15, 0.2) is 11.5 Å². The summed E-state index contributed by atoms with van der Waals surface area (Å²) < 4.78 is 24.9. The molecule has 0 bridgehead atoms. The molecule has 2 heterocycles. The lowest BCUT2D eigenvalue weighted by Gasteiger charge is -2.34. The van der Waals surface area contributed by atoms with E-state index in [1.807, 2.05) is 23.1 Å². The number of halogens is 1. The van der Waals surface area contributed by atoms with Crippen LogP contribution in [0.25, 0.3) is 0 Å². The summed E-state index contributed by atoms with van der Waals surface area (Å²) in [5, 5.41) is 35.5. The molecule has 1 unspecified atom stereocenters. The van der Waals surface area contributed by atoms with Gasteiger partial charge in [0.2, 0.25) is 11.8 Å². The third-order valence-corrected chi connectivity index (χ3v) is 6.79. The molecule has 0 saturated carbocycles. The van der Waals surface area contributed by atoms with Crippen molar-refractivity contribution in [3.05, 3.63) is 53.8 Å². The Hall–Kier alpha value is -5.29. The number of piperazine rings is 1. The quantitative estimate of drug-likeness (QED) is 0.217. The third kappa shape index (κ3) is 14.0. The lowest BCUT2D eigenvalue weighted by atomic mass is 9.95. The number of ether oxygens (including phenoxy) is 2. The number of hydrogen-bond donors (Lipinski definition) is 6. The Morgan fingerprint density at radius 2 is 1.27 bits per heavy atom. The standard InChI is InChI=1S/C27H35FN4O4.2C2H2O4/c1-19(2)27(20-7-8-23-24(15-20)36-14-4-13-35-23)30-26(34)18-32-11-9-31(10-12-32)17-25(33)29-22-6-3-5-21(28)16-22;2*3-1(4)2(5)6/h3,5-8,15-16,19,27H,4,9-14,17-18H2,1-2H3,(H,29,33)(H,30,34);2*(H,3,4)(H,5,6). The van der Waals surface area contributed by atoms with Crippen molar-refractivity contribution in [2.45, 2.75) is 26.3 Å². The van der Waals surface area contributed by atoms with Crippen molar-refractivity contribution in [3.63, 3.8) is 0 Å². The van der Waals surface area contributed by atoms with E-state index in [1.54, 1.807) is 12.1 Å². The highest BCUT2D eigenvalue weighted by Crippen LogP contribution is 2.34. The second-order valence-corrected chi connectivity index (χ2v) is 10.9. The van der Waals surface area contributed by atoms with Gasteiger partial charge in [0, 0.05) is 38.3 Å². The summed E-state index contributed by atoms with van der Waals surface area (Å²) in [5.41, 5.74) is 1.44. The Kier molecular flexibility index (Phi) is 15.7. The van der Waals surface area contributed by atoms with Crippen molar-refractivity contribution in [2.24, 2.45) is 5.92 Å². The van der Waals surface area contributed by atoms with E-state index in [1.165, 1.54) is 12.1 Å². The Morgan fingerprint density at radius 1 is 0.750 bits per heavy atom. The second-order valence-electron chi connectivity index (χ2n) is 10.9. The second kappa shape index (κ2) is 19.4. The van der Waals surface area contributed by atoms with Gasteiger partial charge in [-0.05, 0) is 41.8 Å². The zero-order chi connectivity index (χ0) is 35.8. The highest BCUT2D eigenvalue weighted by molar-refractivity contribution is 6.27. The Bertz CT molecular complexity index is 1400. The van der Waals surface area contributed by atoms with Gasteiger partial charge in [-0.1, -0.05) is 26.0 Å². The van der Waals surface area contributed by atoms with Crippen LogP contribution in [0.2, 0.25) is 0 Å². The van der Waals surface area contributed by atoms with Gasteiger partial charge in [0.1, 0.15) is 5.82 Å². The van der Waals surface area contributed by atoms with Gasteiger partial charge in [-0.15, -0.1) is 0 Å². The van der Waals surface area contributed by atoms with Crippen molar-refractivity contribution in [1.29, 1.82) is 0 Å². The van der Waals surface area contributed by atoms with Crippen LogP contribution < -0.4 is 20.1 Å². The van der Waals surface area contributed by atoms with E-state index in [9.17, 15) is 14.0 Å². The number of nitrogens with zero attached hydrogens (tertiary/aromatic N) is 2. The highest BCUT2D eigenvalue weighted by atomic mass is 19.1. The van der Waals surface area contributed by atoms with Crippen molar-refractivity contribution in [3.8, 4) is 11.5 Å². The molecule has 48 heavy (non-hydrogen) atoms. The summed E-state index contributed by atoms with van der Waals surface area (Å²) in [6, 6.07) is 11.6. The molecule has 1 fully saturated rings. The number of benzene rings is 2. The van der Waals surface area contributed by atoms with E-state index in [0.717, 1.165) is 23.5 Å². The molecule has 6 N–H and O–H groups in total. The summed E-state index contributed by atoms with van der Waals surface area (Å²) in [5.74, 6) is -6.22. The summed E-state index contributed by atoms with van der Waals surface area (Å²) in [4.78, 5) is 65.8. The molecule has 0 aromatic heterocycles. The average molecular weight is 679 g/mol. The van der Waals surface area contributed by atoms with Gasteiger partial charge < -0.3 is 40.5 Å². The molecule has 2 aromatic rings. The number of carbonyl (C=O) groups excluding carboxylic acids is 2. The Balaban J connectivity index is 0.000000570. The monoisotopic (exact) mass is 678 g/mol. The fourth-order valence-corrected chi connectivity index (χ4v) is 4.51. The molecule has 2 aliphatic heterocycles. The van der Waals surface area contributed by atoms with Crippen LogP contribution in [0.1, 0.15) is 31.9 Å². The maximum Gasteiger partial charge on any atom is 0.414 e. The van der Waals surface area contributed by atoms with Gasteiger partial charge in [0.05, 0.1) is 32.3 Å². The molecule has 4 rings (SSSR count). The van der Waals surface area contributed by atoms with E-state index in [0.29, 0.717) is 51.6 Å². The number of nitrogens with one attached hydrogen (secondary N) is 2. The van der Waals surface area contributed by atoms with Crippen molar-refractivity contribution in [2.75, 3.05) is 57.8 Å². The number of carbonyl (C=O) groups is 6. The minimum atomic E-state index is -1.82. The van der Waals surface area contributed by atoms with Crippen molar-refractivity contribution >= 4 is 41.4 Å². The van der Waals surface area contributed by atoms with E-state index in [4.69, 9.17) is 49.1 Å². The topological polar surface area (TPSA) is 232 Å². The maximum absolute atomic E-state index is 13.3. The molecule has 2 aliphatic rings. The fourth-order valence-electron chi connectivity index (χ4n) is 4.51. The van der Waals surface area contributed by atoms with Crippen LogP contribution in [0.5, 0.6) is 11.5 Å². The smallest absolute Gasteiger partial charge is 0.414 e. The third-order valence-electron chi connectivity index (χ3n) is 6.79. The van der Waals surface area contributed by atoms with Crippen LogP contribution >= 0.6 is 0 Å². The van der Waals surface area contributed by atoms with E-state index < -0.39 is 23.9 Å². The van der Waals surface area contributed by atoms with Crippen LogP contribution in [-0.4, -0.2) is 118 Å². The van der Waals surface area contributed by atoms with Crippen LogP contribution in [-0.2, 0) is 28.8 Å². The molecule has 17 heteroatoms. The summed E-state index contributed by atoms with van der Waals surface area (Å²) >= 11 is 0.